The van der Waals surface area contributed by atoms with Crippen LogP contribution in [0.15, 0.2) is 0 Å². The quantitative estimate of drug-likeness (QED) is 0.544. The van der Waals surface area contributed by atoms with Crippen LogP contribution in [0.25, 0.3) is 0 Å². The fourth-order valence-electron chi connectivity index (χ4n) is 1.14. The van der Waals surface area contributed by atoms with E-state index in [2.05, 4.69) is 5.32 Å². The molecular weight excluding hydrogens is 198 g/mol. The molecule has 0 radical (unpaired) electrons. The van der Waals surface area contributed by atoms with Crippen LogP contribution in [-0.4, -0.2) is 48.1 Å². The topological polar surface area (TPSA) is 78.8 Å². The maximum atomic E-state index is 10.4. The summed E-state index contributed by atoms with van der Waals surface area (Å²) in [5.41, 5.74) is -0.858. The van der Waals surface area contributed by atoms with Gasteiger partial charge >= 0.3 is 5.97 Å². The van der Waals surface area contributed by atoms with E-state index in [0.717, 1.165) is 0 Å². The average molecular weight is 219 g/mol. The molecule has 0 heterocycles. The van der Waals surface area contributed by atoms with Crippen LogP contribution in [0.3, 0.4) is 0 Å². The molecule has 0 aromatic heterocycles. The van der Waals surface area contributed by atoms with Gasteiger partial charge in [-0.15, -0.1) is 0 Å². The van der Waals surface area contributed by atoms with Crippen molar-refractivity contribution in [2.45, 2.75) is 38.3 Å². The molecule has 0 aromatic rings. The molecule has 2 atom stereocenters. The van der Waals surface area contributed by atoms with Gasteiger partial charge in [-0.1, -0.05) is 0 Å². The molecule has 0 amide bonds. The smallest absolute Gasteiger partial charge is 0.304 e. The Hall–Kier alpha value is -0.650. The van der Waals surface area contributed by atoms with E-state index in [0.29, 0.717) is 19.6 Å². The van der Waals surface area contributed by atoms with Gasteiger partial charge in [-0.05, 0) is 13.8 Å². The molecule has 5 heteroatoms. The molecule has 0 bridgehead atoms. The third-order valence-electron chi connectivity index (χ3n) is 2.16. The summed E-state index contributed by atoms with van der Waals surface area (Å²) < 4.78 is 4.87. The molecule has 0 rings (SSSR count). The number of carbonyl (C=O) groups is 1. The number of aliphatic hydroxyl groups is 1. The maximum Gasteiger partial charge on any atom is 0.304 e. The minimum atomic E-state index is -0.858. The summed E-state index contributed by atoms with van der Waals surface area (Å²) in [6.45, 7) is 4.33. The summed E-state index contributed by atoms with van der Waals surface area (Å²) >= 11 is 0. The second-order valence-corrected chi connectivity index (χ2v) is 4.12. The summed E-state index contributed by atoms with van der Waals surface area (Å²) in [6.07, 6.45) is 0.580. The van der Waals surface area contributed by atoms with E-state index in [1.54, 1.807) is 21.0 Å². The molecule has 0 aliphatic carbocycles. The van der Waals surface area contributed by atoms with E-state index < -0.39 is 11.6 Å². The van der Waals surface area contributed by atoms with Crippen LogP contribution in [0.1, 0.15) is 26.7 Å². The number of rotatable bonds is 8. The van der Waals surface area contributed by atoms with Crippen LogP contribution in [0, 0.1) is 0 Å². The Balaban J connectivity index is 3.76. The minimum absolute atomic E-state index is 0.0559. The second-order valence-electron chi connectivity index (χ2n) is 4.12. The number of hydrogen-bond acceptors (Lipinski definition) is 4. The SMILES string of the molecule is COCCC(C)(O)CNC(C)CC(=O)O. The summed E-state index contributed by atoms with van der Waals surface area (Å²) in [6, 6.07) is -0.142. The average Bonchev–Trinajstić information content (AvgIpc) is 2.11. The first kappa shape index (κ1) is 14.3. The highest BCUT2D eigenvalue weighted by Crippen LogP contribution is 2.08. The fraction of sp³-hybridized carbons (Fsp3) is 0.900. The van der Waals surface area contributed by atoms with Crippen LogP contribution in [-0.2, 0) is 9.53 Å². The van der Waals surface area contributed by atoms with E-state index in [-0.39, 0.29) is 12.5 Å². The molecule has 0 spiro atoms. The van der Waals surface area contributed by atoms with Crippen LogP contribution in [0.5, 0.6) is 0 Å². The summed E-state index contributed by atoms with van der Waals surface area (Å²) in [4.78, 5) is 10.4. The third-order valence-corrected chi connectivity index (χ3v) is 2.16. The first-order valence-corrected chi connectivity index (χ1v) is 5.04. The predicted molar refractivity (Wildman–Crippen MR) is 56.8 cm³/mol. The van der Waals surface area contributed by atoms with Crippen LogP contribution in [0.4, 0.5) is 0 Å². The van der Waals surface area contributed by atoms with E-state index in [9.17, 15) is 9.90 Å². The van der Waals surface area contributed by atoms with Crippen molar-refractivity contribution in [2.24, 2.45) is 0 Å². The Labute approximate surface area is 90.4 Å². The molecule has 0 saturated carbocycles. The van der Waals surface area contributed by atoms with E-state index in [4.69, 9.17) is 9.84 Å². The molecule has 15 heavy (non-hydrogen) atoms. The molecule has 0 aliphatic heterocycles. The molecule has 5 nitrogen and oxygen atoms in total. The van der Waals surface area contributed by atoms with Crippen molar-refractivity contribution in [1.29, 1.82) is 0 Å². The molecule has 90 valence electrons. The Morgan fingerprint density at radius 3 is 2.67 bits per heavy atom. The van der Waals surface area contributed by atoms with Gasteiger partial charge in [-0.3, -0.25) is 4.79 Å². The molecular formula is C10H21NO4. The van der Waals surface area contributed by atoms with E-state index >= 15 is 0 Å². The Morgan fingerprint density at radius 1 is 1.60 bits per heavy atom. The van der Waals surface area contributed by atoms with Crippen LogP contribution >= 0.6 is 0 Å². The summed E-state index contributed by atoms with van der Waals surface area (Å²) in [5.74, 6) is -0.841. The van der Waals surface area contributed by atoms with E-state index in [1.807, 2.05) is 0 Å². The van der Waals surface area contributed by atoms with Crippen LogP contribution < -0.4 is 5.32 Å². The molecule has 3 N–H and O–H groups in total. The zero-order valence-electron chi connectivity index (χ0n) is 9.62. The Morgan fingerprint density at radius 2 is 2.20 bits per heavy atom. The van der Waals surface area contributed by atoms with Gasteiger partial charge in [-0.2, -0.15) is 0 Å². The third kappa shape index (κ3) is 8.35. The molecule has 0 saturated heterocycles. The molecule has 0 aliphatic rings. The number of nitrogens with one attached hydrogen (secondary N) is 1. The lowest BCUT2D eigenvalue weighted by Gasteiger charge is -2.25. The van der Waals surface area contributed by atoms with Gasteiger partial charge in [0.25, 0.3) is 0 Å². The standard InChI is InChI=1S/C10H21NO4/c1-8(6-9(12)13)11-7-10(2,14)4-5-15-3/h8,11,14H,4-7H2,1-3H3,(H,12,13). The summed E-state index contributed by atoms with van der Waals surface area (Å²) in [7, 11) is 1.58. The largest absolute Gasteiger partial charge is 0.481 e. The van der Waals surface area contributed by atoms with Crippen molar-refractivity contribution >= 4 is 5.97 Å². The van der Waals surface area contributed by atoms with Crippen molar-refractivity contribution in [1.82, 2.24) is 5.32 Å². The lowest BCUT2D eigenvalue weighted by Crippen LogP contribution is -2.42. The first-order chi connectivity index (χ1) is 6.87. The van der Waals surface area contributed by atoms with Crippen LogP contribution in [0.2, 0.25) is 0 Å². The zero-order valence-corrected chi connectivity index (χ0v) is 9.62. The monoisotopic (exact) mass is 219 g/mol. The Kier molecular flexibility index (Phi) is 6.47. The second kappa shape index (κ2) is 6.76. The van der Waals surface area contributed by atoms with Gasteiger partial charge < -0.3 is 20.3 Å². The van der Waals surface area contributed by atoms with Gasteiger partial charge in [0.15, 0.2) is 0 Å². The normalized spacial score (nSPS) is 17.1. The van der Waals surface area contributed by atoms with Gasteiger partial charge in [0.1, 0.15) is 0 Å². The fourth-order valence-corrected chi connectivity index (χ4v) is 1.14. The van der Waals surface area contributed by atoms with Crippen molar-refractivity contribution in [3.05, 3.63) is 0 Å². The number of aliphatic carboxylic acids is 1. The van der Waals surface area contributed by atoms with Gasteiger partial charge in [0, 0.05) is 32.7 Å². The van der Waals surface area contributed by atoms with Crippen molar-refractivity contribution < 1.29 is 19.7 Å². The van der Waals surface area contributed by atoms with Crippen molar-refractivity contribution in [3.8, 4) is 0 Å². The van der Waals surface area contributed by atoms with Gasteiger partial charge in [-0.25, -0.2) is 0 Å². The van der Waals surface area contributed by atoms with Gasteiger partial charge in [0.2, 0.25) is 0 Å². The molecule has 0 aromatic carbocycles. The van der Waals surface area contributed by atoms with Crippen molar-refractivity contribution in [3.63, 3.8) is 0 Å². The minimum Gasteiger partial charge on any atom is -0.481 e. The van der Waals surface area contributed by atoms with E-state index in [1.165, 1.54) is 0 Å². The highest BCUT2D eigenvalue weighted by Gasteiger charge is 2.20. The number of hydrogen-bond donors (Lipinski definition) is 3. The number of ether oxygens (including phenoxy) is 1. The predicted octanol–water partition coefficient (Wildman–Crippen LogP) is 0.227. The lowest BCUT2D eigenvalue weighted by atomic mass is 10.0. The highest BCUT2D eigenvalue weighted by atomic mass is 16.5. The maximum absolute atomic E-state index is 10.4. The zero-order chi connectivity index (χ0) is 11.9. The molecule has 0 fully saturated rings. The number of methoxy groups -OCH3 is 1. The Bertz CT molecular complexity index is 194. The lowest BCUT2D eigenvalue weighted by molar-refractivity contribution is -0.137. The highest BCUT2D eigenvalue weighted by molar-refractivity contribution is 5.67. The summed E-state index contributed by atoms with van der Waals surface area (Å²) in [5, 5.41) is 21.3. The molecule has 2 unspecified atom stereocenters. The van der Waals surface area contributed by atoms with Crippen molar-refractivity contribution in [2.75, 3.05) is 20.3 Å². The number of carboxylic acids is 1. The first-order valence-electron chi connectivity index (χ1n) is 5.04. The van der Waals surface area contributed by atoms with Gasteiger partial charge in [0.05, 0.1) is 12.0 Å². The number of carboxylic acid groups (broad SMARTS) is 1.